The summed E-state index contributed by atoms with van der Waals surface area (Å²) in [6, 6.07) is 2.23. The minimum Gasteiger partial charge on any atom is -0.494 e. The smallest absolute Gasteiger partial charge is 0.165 e. The van der Waals surface area contributed by atoms with E-state index in [1.807, 2.05) is 11.9 Å². The van der Waals surface area contributed by atoms with Crippen LogP contribution in [0, 0.1) is 11.6 Å². The van der Waals surface area contributed by atoms with Crippen molar-refractivity contribution in [3.8, 4) is 5.75 Å². The van der Waals surface area contributed by atoms with E-state index >= 15 is 0 Å². The molecule has 1 aromatic rings. The van der Waals surface area contributed by atoms with Crippen LogP contribution in [0.4, 0.5) is 8.78 Å². The maximum atomic E-state index is 13.5. The number of rotatable bonds is 6. The van der Waals surface area contributed by atoms with E-state index in [0.717, 1.165) is 12.1 Å². The number of hydrogen-bond donors (Lipinski definition) is 2. The first-order chi connectivity index (χ1) is 8.08. The van der Waals surface area contributed by atoms with E-state index in [0.29, 0.717) is 25.2 Å². The molecule has 0 aliphatic carbocycles. The van der Waals surface area contributed by atoms with Crippen LogP contribution >= 0.6 is 0 Å². The lowest BCUT2D eigenvalue weighted by molar-refractivity contribution is 0.311. The van der Waals surface area contributed by atoms with Crippen molar-refractivity contribution in [2.24, 2.45) is 5.84 Å². The molecule has 0 aliphatic rings. The normalized spacial score (nSPS) is 10.9. The SMILES string of the molecule is COc1cc(F)c(CCN(C)CNN)cc1F. The molecule has 0 unspecified atom stereocenters. The van der Waals surface area contributed by atoms with Crippen LogP contribution in [0.15, 0.2) is 12.1 Å². The van der Waals surface area contributed by atoms with Crippen LogP contribution in [0.2, 0.25) is 0 Å². The van der Waals surface area contributed by atoms with E-state index in [9.17, 15) is 8.78 Å². The Morgan fingerprint density at radius 3 is 2.65 bits per heavy atom. The topological polar surface area (TPSA) is 50.5 Å². The molecule has 3 N–H and O–H groups in total. The summed E-state index contributed by atoms with van der Waals surface area (Å²) >= 11 is 0. The van der Waals surface area contributed by atoms with Crippen molar-refractivity contribution < 1.29 is 13.5 Å². The number of hydrazine groups is 1. The Labute approximate surface area is 99.3 Å². The number of hydrogen-bond acceptors (Lipinski definition) is 4. The highest BCUT2D eigenvalue weighted by atomic mass is 19.1. The van der Waals surface area contributed by atoms with Gasteiger partial charge in [-0.15, -0.1) is 0 Å². The second-order valence-electron chi connectivity index (χ2n) is 3.77. The summed E-state index contributed by atoms with van der Waals surface area (Å²) in [5, 5.41) is 0. The molecule has 4 nitrogen and oxygen atoms in total. The van der Waals surface area contributed by atoms with Crippen LogP contribution < -0.4 is 16.0 Å². The van der Waals surface area contributed by atoms with E-state index < -0.39 is 11.6 Å². The maximum absolute atomic E-state index is 13.5. The van der Waals surface area contributed by atoms with Gasteiger partial charge in [0.05, 0.1) is 13.8 Å². The van der Waals surface area contributed by atoms with Crippen molar-refractivity contribution in [1.82, 2.24) is 10.3 Å². The van der Waals surface area contributed by atoms with E-state index in [-0.39, 0.29) is 5.75 Å². The summed E-state index contributed by atoms with van der Waals surface area (Å²) in [6.07, 6.45) is 0.408. The third-order valence-electron chi connectivity index (χ3n) is 2.44. The first kappa shape index (κ1) is 13.8. The van der Waals surface area contributed by atoms with Gasteiger partial charge in [0.25, 0.3) is 0 Å². The molecule has 0 saturated carbocycles. The number of benzene rings is 1. The zero-order valence-corrected chi connectivity index (χ0v) is 9.96. The molecule has 0 bridgehead atoms. The fraction of sp³-hybridized carbons (Fsp3) is 0.455. The molecule has 0 radical (unpaired) electrons. The van der Waals surface area contributed by atoms with E-state index in [1.165, 1.54) is 7.11 Å². The number of nitrogens with one attached hydrogen (secondary N) is 1. The number of nitrogens with two attached hydrogens (primary N) is 1. The summed E-state index contributed by atoms with van der Waals surface area (Å²) in [7, 11) is 3.13. The molecule has 1 aromatic carbocycles. The quantitative estimate of drug-likeness (QED) is 0.443. The van der Waals surface area contributed by atoms with E-state index in [1.54, 1.807) is 0 Å². The molecular formula is C11H17F2N3O. The molecule has 0 aromatic heterocycles. The minimum atomic E-state index is -0.552. The highest BCUT2D eigenvalue weighted by Crippen LogP contribution is 2.21. The van der Waals surface area contributed by atoms with Crippen molar-refractivity contribution in [1.29, 1.82) is 0 Å². The van der Waals surface area contributed by atoms with Gasteiger partial charge in [0.15, 0.2) is 11.6 Å². The van der Waals surface area contributed by atoms with Gasteiger partial charge in [-0.05, 0) is 25.1 Å². The molecule has 0 amide bonds. The van der Waals surface area contributed by atoms with Crippen LogP contribution in [0.1, 0.15) is 5.56 Å². The summed E-state index contributed by atoms with van der Waals surface area (Å²) in [5.74, 6) is 4.05. The van der Waals surface area contributed by atoms with Crippen molar-refractivity contribution in [2.45, 2.75) is 6.42 Å². The largest absolute Gasteiger partial charge is 0.494 e. The maximum Gasteiger partial charge on any atom is 0.165 e. The molecule has 0 spiro atoms. The predicted molar refractivity (Wildman–Crippen MR) is 61.4 cm³/mol. The first-order valence-electron chi connectivity index (χ1n) is 5.22. The van der Waals surface area contributed by atoms with E-state index in [2.05, 4.69) is 5.43 Å². The number of halogens is 2. The molecule has 0 heterocycles. The number of nitrogens with zero attached hydrogens (tertiary/aromatic N) is 1. The Bertz CT molecular complexity index is 374. The Morgan fingerprint density at radius 2 is 2.06 bits per heavy atom. The third kappa shape index (κ3) is 3.92. The van der Waals surface area contributed by atoms with E-state index in [4.69, 9.17) is 10.6 Å². The van der Waals surface area contributed by atoms with Crippen molar-refractivity contribution in [3.05, 3.63) is 29.3 Å². The second-order valence-corrected chi connectivity index (χ2v) is 3.77. The van der Waals surface area contributed by atoms with Crippen molar-refractivity contribution in [2.75, 3.05) is 27.4 Å². The van der Waals surface area contributed by atoms with Crippen molar-refractivity contribution >= 4 is 0 Å². The van der Waals surface area contributed by atoms with Crippen LogP contribution in [0.25, 0.3) is 0 Å². The highest BCUT2D eigenvalue weighted by Gasteiger charge is 2.10. The van der Waals surface area contributed by atoms with Gasteiger partial charge in [-0.3, -0.25) is 10.7 Å². The molecule has 0 atom stereocenters. The van der Waals surface area contributed by atoms with Gasteiger partial charge in [0.2, 0.25) is 0 Å². The summed E-state index contributed by atoms with van der Waals surface area (Å²) in [5.41, 5.74) is 2.81. The molecule has 6 heteroatoms. The lowest BCUT2D eigenvalue weighted by Gasteiger charge is -2.16. The fourth-order valence-electron chi connectivity index (χ4n) is 1.46. The molecule has 0 fully saturated rings. The Balaban J connectivity index is 2.68. The zero-order valence-electron chi connectivity index (χ0n) is 9.96. The van der Waals surface area contributed by atoms with Crippen LogP contribution in [0.5, 0.6) is 5.75 Å². The molecular weight excluding hydrogens is 228 g/mol. The van der Waals surface area contributed by atoms with Crippen LogP contribution in [-0.2, 0) is 6.42 Å². The Hall–Kier alpha value is -1.24. The number of methoxy groups -OCH3 is 1. The lowest BCUT2D eigenvalue weighted by atomic mass is 10.1. The molecule has 96 valence electrons. The van der Waals surface area contributed by atoms with Gasteiger partial charge in [0, 0.05) is 12.6 Å². The van der Waals surface area contributed by atoms with Gasteiger partial charge in [-0.1, -0.05) is 0 Å². The third-order valence-corrected chi connectivity index (χ3v) is 2.44. The lowest BCUT2D eigenvalue weighted by Crippen LogP contribution is -2.36. The summed E-state index contributed by atoms with van der Waals surface area (Å²) < 4.78 is 31.6. The molecule has 0 aliphatic heterocycles. The average Bonchev–Trinajstić information content (AvgIpc) is 2.30. The molecule has 0 saturated heterocycles. The van der Waals surface area contributed by atoms with Crippen molar-refractivity contribution in [3.63, 3.8) is 0 Å². The number of likely N-dealkylation sites (N-methyl/N-ethyl adjacent to an activating group) is 1. The predicted octanol–water partition coefficient (Wildman–Crippen LogP) is 0.869. The minimum absolute atomic E-state index is 0.0803. The summed E-state index contributed by atoms with van der Waals surface area (Å²) in [4.78, 5) is 1.86. The average molecular weight is 245 g/mol. The van der Waals surface area contributed by atoms with Gasteiger partial charge in [-0.2, -0.15) is 0 Å². The highest BCUT2D eigenvalue weighted by molar-refractivity contribution is 5.31. The van der Waals surface area contributed by atoms with Gasteiger partial charge < -0.3 is 4.74 Å². The Morgan fingerprint density at radius 1 is 1.35 bits per heavy atom. The van der Waals surface area contributed by atoms with Crippen LogP contribution in [0.3, 0.4) is 0 Å². The fourth-order valence-corrected chi connectivity index (χ4v) is 1.46. The van der Waals surface area contributed by atoms with Gasteiger partial charge in [-0.25, -0.2) is 14.2 Å². The molecule has 1 rings (SSSR count). The van der Waals surface area contributed by atoms with Gasteiger partial charge >= 0.3 is 0 Å². The Kier molecular flexibility index (Phi) is 5.27. The van der Waals surface area contributed by atoms with Crippen LogP contribution in [-0.4, -0.2) is 32.3 Å². The molecule has 17 heavy (non-hydrogen) atoms. The van der Waals surface area contributed by atoms with Gasteiger partial charge in [0.1, 0.15) is 5.82 Å². The summed E-state index contributed by atoms with van der Waals surface area (Å²) in [6.45, 7) is 1.06. The number of ether oxygens (including phenoxy) is 1. The standard InChI is InChI=1S/C11H17F2N3O/c1-16(7-15-14)4-3-8-5-10(13)11(17-2)6-9(8)12/h5-6,15H,3-4,7,14H2,1-2H3. The second kappa shape index (κ2) is 6.48. The first-order valence-corrected chi connectivity index (χ1v) is 5.22. The zero-order chi connectivity index (χ0) is 12.8. The monoisotopic (exact) mass is 245 g/mol.